The van der Waals surface area contributed by atoms with Crippen LogP contribution in [0.4, 0.5) is 14.5 Å². The number of sulfonamides is 1. The predicted molar refractivity (Wildman–Crippen MR) is 102 cm³/mol. The van der Waals surface area contributed by atoms with E-state index in [1.165, 1.54) is 36.4 Å². The van der Waals surface area contributed by atoms with Crippen LogP contribution in [0.3, 0.4) is 0 Å². The molecule has 0 radical (unpaired) electrons. The molecule has 0 aliphatic rings. The molecule has 28 heavy (non-hydrogen) atoms. The lowest BCUT2D eigenvalue weighted by Crippen LogP contribution is -2.47. The van der Waals surface area contributed by atoms with Crippen LogP contribution in [0.15, 0.2) is 53.4 Å². The number of anilines is 1. The fourth-order valence-corrected chi connectivity index (χ4v) is 3.73. The number of benzene rings is 2. The van der Waals surface area contributed by atoms with E-state index < -0.39 is 28.6 Å². The number of alkyl halides is 2. The Hall–Kier alpha value is -2.52. The maximum atomic E-state index is 12.6. The Bertz CT molecular complexity index is 899. The van der Waals surface area contributed by atoms with E-state index in [4.69, 9.17) is 0 Å². The van der Waals surface area contributed by atoms with E-state index >= 15 is 0 Å². The average Bonchev–Trinajstić information content (AvgIpc) is 2.61. The molecule has 2 aromatic rings. The van der Waals surface area contributed by atoms with E-state index in [9.17, 15) is 22.0 Å². The van der Waals surface area contributed by atoms with E-state index in [0.29, 0.717) is 5.69 Å². The highest BCUT2D eigenvalue weighted by atomic mass is 32.2. The van der Waals surface area contributed by atoms with Gasteiger partial charge in [-0.15, -0.1) is 0 Å². The van der Waals surface area contributed by atoms with Crippen molar-refractivity contribution in [2.24, 2.45) is 5.92 Å². The Balaban J connectivity index is 2.12. The normalized spacial score (nSPS) is 12.8. The van der Waals surface area contributed by atoms with Gasteiger partial charge in [0.05, 0.1) is 4.90 Å². The number of carbonyl (C=O) groups excluding carboxylic acids is 1. The topological polar surface area (TPSA) is 84.5 Å². The number of aryl methyl sites for hydroxylation is 1. The van der Waals surface area contributed by atoms with Gasteiger partial charge >= 0.3 is 6.61 Å². The lowest BCUT2D eigenvalue weighted by molar-refractivity contribution is -0.118. The number of hydrogen-bond acceptors (Lipinski definition) is 4. The molecule has 0 saturated carbocycles. The van der Waals surface area contributed by atoms with E-state index in [1.807, 2.05) is 6.92 Å². The van der Waals surface area contributed by atoms with Crippen molar-refractivity contribution in [1.29, 1.82) is 0 Å². The summed E-state index contributed by atoms with van der Waals surface area (Å²) in [6.07, 6.45) is 0. The van der Waals surface area contributed by atoms with Gasteiger partial charge in [-0.3, -0.25) is 4.79 Å². The first kappa shape index (κ1) is 21.8. The van der Waals surface area contributed by atoms with Gasteiger partial charge in [0.2, 0.25) is 15.9 Å². The third-order valence-corrected chi connectivity index (χ3v) is 5.37. The highest BCUT2D eigenvalue weighted by Gasteiger charge is 2.28. The summed E-state index contributed by atoms with van der Waals surface area (Å²) in [5.74, 6) is -0.941. The molecule has 0 unspecified atom stereocenters. The third-order valence-electron chi connectivity index (χ3n) is 3.91. The molecular formula is C19H22F2N2O4S. The molecule has 0 fully saturated rings. The summed E-state index contributed by atoms with van der Waals surface area (Å²) in [5.41, 5.74) is 1.24. The Labute approximate surface area is 163 Å². The number of halogens is 2. The van der Waals surface area contributed by atoms with Gasteiger partial charge in [0.15, 0.2) is 0 Å². The number of rotatable bonds is 8. The molecule has 2 aromatic carbocycles. The second kappa shape index (κ2) is 9.11. The molecule has 0 aromatic heterocycles. The Morgan fingerprint density at radius 3 is 2.07 bits per heavy atom. The molecule has 0 bridgehead atoms. The number of hydrogen-bond donors (Lipinski definition) is 2. The summed E-state index contributed by atoms with van der Waals surface area (Å²) in [6.45, 7) is 2.32. The molecule has 152 valence electrons. The molecule has 6 nitrogen and oxygen atoms in total. The van der Waals surface area contributed by atoms with Crippen LogP contribution in [0, 0.1) is 12.8 Å². The molecular weight excluding hydrogens is 390 g/mol. The van der Waals surface area contributed by atoms with Gasteiger partial charge in [-0.05, 0) is 49.2 Å². The van der Waals surface area contributed by atoms with E-state index in [0.717, 1.165) is 5.56 Å². The minimum absolute atomic E-state index is 0.0477. The lowest BCUT2D eigenvalue weighted by Gasteiger charge is -2.22. The molecule has 2 N–H and O–H groups in total. The van der Waals surface area contributed by atoms with Crippen LogP contribution in [0.5, 0.6) is 5.75 Å². The SMILES string of the molecule is Cc1ccc(S(=O)(=O)N[C@@H](C(=O)Nc2ccc(OC(F)F)cc2)C(C)C)cc1. The van der Waals surface area contributed by atoms with Crippen molar-refractivity contribution in [2.45, 2.75) is 38.3 Å². The van der Waals surface area contributed by atoms with Crippen LogP contribution < -0.4 is 14.8 Å². The van der Waals surface area contributed by atoms with Crippen molar-refractivity contribution in [3.8, 4) is 5.75 Å². The van der Waals surface area contributed by atoms with Gasteiger partial charge in [0.1, 0.15) is 11.8 Å². The largest absolute Gasteiger partial charge is 0.435 e. The van der Waals surface area contributed by atoms with E-state index in [-0.39, 0.29) is 16.6 Å². The Morgan fingerprint density at radius 1 is 1.00 bits per heavy atom. The van der Waals surface area contributed by atoms with Gasteiger partial charge < -0.3 is 10.1 Å². The molecule has 9 heteroatoms. The zero-order chi connectivity index (χ0) is 20.9. The molecule has 0 aliphatic heterocycles. The standard InChI is InChI=1S/C19H22F2N2O4S/c1-12(2)17(23-28(25,26)16-10-4-13(3)5-11-16)18(24)22-14-6-8-15(9-7-14)27-19(20)21/h4-12,17,19,23H,1-3H3,(H,22,24)/t17-/m1/s1. The summed E-state index contributed by atoms with van der Waals surface area (Å²) in [7, 11) is -3.89. The monoisotopic (exact) mass is 412 g/mol. The number of ether oxygens (including phenoxy) is 1. The number of nitrogens with one attached hydrogen (secondary N) is 2. The van der Waals surface area contributed by atoms with Gasteiger partial charge in [-0.1, -0.05) is 31.5 Å². The lowest BCUT2D eigenvalue weighted by atomic mass is 10.0. The maximum Gasteiger partial charge on any atom is 0.387 e. The van der Waals surface area contributed by atoms with Gasteiger partial charge in [0, 0.05) is 5.69 Å². The van der Waals surface area contributed by atoms with Crippen molar-refractivity contribution in [3.63, 3.8) is 0 Å². The van der Waals surface area contributed by atoms with Crippen molar-refractivity contribution in [1.82, 2.24) is 4.72 Å². The van der Waals surface area contributed by atoms with Gasteiger partial charge in [-0.2, -0.15) is 13.5 Å². The second-order valence-electron chi connectivity index (χ2n) is 6.55. The fraction of sp³-hybridized carbons (Fsp3) is 0.316. The van der Waals surface area contributed by atoms with E-state index in [2.05, 4.69) is 14.8 Å². The van der Waals surface area contributed by atoms with Crippen molar-refractivity contribution >= 4 is 21.6 Å². The van der Waals surface area contributed by atoms with Crippen LogP contribution in [-0.4, -0.2) is 27.0 Å². The zero-order valence-corrected chi connectivity index (χ0v) is 16.5. The summed E-state index contributed by atoms with van der Waals surface area (Å²) >= 11 is 0. The van der Waals surface area contributed by atoms with Crippen molar-refractivity contribution in [2.75, 3.05) is 5.32 Å². The molecule has 1 amide bonds. The zero-order valence-electron chi connectivity index (χ0n) is 15.6. The maximum absolute atomic E-state index is 12.6. The van der Waals surface area contributed by atoms with Crippen LogP contribution in [0.1, 0.15) is 19.4 Å². The predicted octanol–water partition coefficient (Wildman–Crippen LogP) is 3.54. The number of carbonyl (C=O) groups is 1. The Morgan fingerprint density at radius 2 is 1.57 bits per heavy atom. The first-order valence-electron chi connectivity index (χ1n) is 8.53. The molecule has 0 spiro atoms. The average molecular weight is 412 g/mol. The van der Waals surface area contributed by atoms with Crippen molar-refractivity contribution < 1.29 is 26.7 Å². The van der Waals surface area contributed by atoms with Crippen LogP contribution in [0.2, 0.25) is 0 Å². The summed E-state index contributed by atoms with van der Waals surface area (Å²) in [6, 6.07) is 10.6. The van der Waals surface area contributed by atoms with Crippen molar-refractivity contribution in [3.05, 3.63) is 54.1 Å². The molecule has 0 saturated heterocycles. The highest BCUT2D eigenvalue weighted by molar-refractivity contribution is 7.89. The summed E-state index contributed by atoms with van der Waals surface area (Å²) in [5, 5.41) is 2.58. The Kier molecular flexibility index (Phi) is 7.09. The highest BCUT2D eigenvalue weighted by Crippen LogP contribution is 2.19. The van der Waals surface area contributed by atoms with Gasteiger partial charge in [-0.25, -0.2) is 8.42 Å². The van der Waals surface area contributed by atoms with Crippen LogP contribution in [-0.2, 0) is 14.8 Å². The van der Waals surface area contributed by atoms with Crippen LogP contribution in [0.25, 0.3) is 0 Å². The number of amides is 1. The molecule has 0 aliphatic carbocycles. The fourth-order valence-electron chi connectivity index (χ4n) is 2.38. The molecule has 1 atom stereocenters. The quantitative estimate of drug-likeness (QED) is 0.695. The minimum Gasteiger partial charge on any atom is -0.435 e. The molecule has 0 heterocycles. The molecule has 2 rings (SSSR count). The first-order valence-corrected chi connectivity index (χ1v) is 10.0. The third kappa shape index (κ3) is 6.00. The van der Waals surface area contributed by atoms with Gasteiger partial charge in [0.25, 0.3) is 0 Å². The minimum atomic E-state index is -3.89. The van der Waals surface area contributed by atoms with Crippen LogP contribution >= 0.6 is 0 Å². The summed E-state index contributed by atoms with van der Waals surface area (Å²) in [4.78, 5) is 12.7. The second-order valence-corrected chi connectivity index (χ2v) is 8.26. The van der Waals surface area contributed by atoms with E-state index in [1.54, 1.807) is 26.0 Å². The summed E-state index contributed by atoms with van der Waals surface area (Å²) < 4.78 is 56.2. The first-order chi connectivity index (χ1) is 13.1. The smallest absolute Gasteiger partial charge is 0.387 e.